The van der Waals surface area contributed by atoms with Crippen molar-refractivity contribution >= 4 is 51.4 Å². The molecule has 1 aliphatic rings. The van der Waals surface area contributed by atoms with Crippen molar-refractivity contribution in [2.75, 3.05) is 14.2 Å². The largest absolute Gasteiger partial charge is 0.496 e. The van der Waals surface area contributed by atoms with Crippen molar-refractivity contribution in [1.82, 2.24) is 15.3 Å². The number of ether oxygens (including phenoxy) is 3. The number of thiocarbonyl (C=S) groups is 1. The summed E-state index contributed by atoms with van der Waals surface area (Å²) in [6.07, 6.45) is 3.39. The van der Waals surface area contributed by atoms with Crippen molar-refractivity contribution in [3.05, 3.63) is 72.1 Å². The molecule has 0 aliphatic carbocycles. The SMILES string of the molecule is COc1ccc2ncccc2c1C1OC(=S)NC1=O.COc1ccc2ncccc2c1C=O. The molecule has 2 aromatic carbocycles. The summed E-state index contributed by atoms with van der Waals surface area (Å²) in [5, 5.41) is 4.19. The highest BCUT2D eigenvalue weighted by atomic mass is 32.1. The fourth-order valence-corrected chi connectivity index (χ4v) is 3.80. The topological polar surface area (TPSA) is 99.6 Å². The van der Waals surface area contributed by atoms with Crippen molar-refractivity contribution in [2.45, 2.75) is 6.10 Å². The first kappa shape index (κ1) is 22.1. The van der Waals surface area contributed by atoms with E-state index in [1.807, 2.05) is 24.3 Å². The molecule has 1 amide bonds. The number of aromatic nitrogens is 2. The summed E-state index contributed by atoms with van der Waals surface area (Å²) < 4.78 is 15.8. The fourth-order valence-electron chi connectivity index (χ4n) is 3.60. The van der Waals surface area contributed by atoms with E-state index in [4.69, 9.17) is 26.4 Å². The van der Waals surface area contributed by atoms with Gasteiger partial charge in [0.15, 0.2) is 6.29 Å². The highest BCUT2D eigenvalue weighted by Crippen LogP contribution is 2.36. The summed E-state index contributed by atoms with van der Waals surface area (Å²) >= 11 is 4.86. The number of fused-ring (bicyclic) bond motifs is 2. The standard InChI is InChI=1S/C13H10N2O3S.C11H9NO2/c1-17-9-5-4-8-7(3-2-6-14-8)10(9)11-12(16)15-13(19)18-11;1-14-11-5-4-10-8(9(11)7-13)3-2-6-12-10/h2-6,11H,1H3,(H,15,16,19);2-7H,1H3. The highest BCUT2D eigenvalue weighted by Gasteiger charge is 2.35. The van der Waals surface area contributed by atoms with Gasteiger partial charge in [0.05, 0.1) is 36.4 Å². The summed E-state index contributed by atoms with van der Waals surface area (Å²) in [7, 11) is 3.09. The number of nitrogens with one attached hydrogen (secondary N) is 1. The van der Waals surface area contributed by atoms with Crippen molar-refractivity contribution in [3.8, 4) is 11.5 Å². The molecule has 166 valence electrons. The minimum absolute atomic E-state index is 0.0814. The maximum Gasteiger partial charge on any atom is 0.273 e. The molecule has 1 atom stereocenters. The third-order valence-electron chi connectivity index (χ3n) is 5.08. The van der Waals surface area contributed by atoms with E-state index in [1.54, 1.807) is 50.9 Å². The molecule has 0 spiro atoms. The van der Waals surface area contributed by atoms with Crippen LogP contribution in [0.3, 0.4) is 0 Å². The summed E-state index contributed by atoms with van der Waals surface area (Å²) in [5.74, 6) is 0.866. The minimum atomic E-state index is -0.796. The number of carbonyl (C=O) groups is 2. The Bertz CT molecular complexity index is 1380. The van der Waals surface area contributed by atoms with Crippen LogP contribution in [0.25, 0.3) is 21.8 Å². The van der Waals surface area contributed by atoms with Crippen LogP contribution in [-0.4, -0.2) is 41.6 Å². The van der Waals surface area contributed by atoms with Gasteiger partial charge < -0.3 is 14.2 Å². The molecular formula is C24H19N3O5S. The Kier molecular flexibility index (Phi) is 6.41. The molecule has 0 saturated carbocycles. The van der Waals surface area contributed by atoms with Crippen LogP contribution in [0.2, 0.25) is 0 Å². The zero-order chi connectivity index (χ0) is 23.4. The number of hydrogen-bond acceptors (Lipinski definition) is 8. The lowest BCUT2D eigenvalue weighted by molar-refractivity contribution is -0.123. The second-order valence-corrected chi connectivity index (χ2v) is 7.27. The van der Waals surface area contributed by atoms with Crippen LogP contribution < -0.4 is 14.8 Å². The Morgan fingerprint density at radius 2 is 1.55 bits per heavy atom. The number of carbonyl (C=O) groups excluding carboxylic acids is 2. The molecule has 2 aromatic heterocycles. The van der Waals surface area contributed by atoms with Crippen LogP contribution >= 0.6 is 12.2 Å². The number of pyridine rings is 2. The van der Waals surface area contributed by atoms with E-state index in [9.17, 15) is 9.59 Å². The Morgan fingerprint density at radius 1 is 0.939 bits per heavy atom. The van der Waals surface area contributed by atoms with Gasteiger partial charge >= 0.3 is 0 Å². The van der Waals surface area contributed by atoms with Gasteiger partial charge in [-0.25, -0.2) is 0 Å². The molecule has 0 radical (unpaired) electrons. The molecule has 9 heteroatoms. The van der Waals surface area contributed by atoms with Gasteiger partial charge in [0, 0.05) is 23.2 Å². The summed E-state index contributed by atoms with van der Waals surface area (Å²) in [4.78, 5) is 31.2. The Hall–Kier alpha value is -4.11. The first-order valence-corrected chi connectivity index (χ1v) is 10.3. The van der Waals surface area contributed by atoms with Gasteiger partial charge in [0.1, 0.15) is 11.5 Å². The van der Waals surface area contributed by atoms with Gasteiger partial charge in [-0.3, -0.25) is 24.9 Å². The van der Waals surface area contributed by atoms with Gasteiger partial charge in [-0.15, -0.1) is 0 Å². The highest BCUT2D eigenvalue weighted by molar-refractivity contribution is 7.80. The molecule has 33 heavy (non-hydrogen) atoms. The molecular weight excluding hydrogens is 442 g/mol. The lowest BCUT2D eigenvalue weighted by Gasteiger charge is -2.14. The Morgan fingerprint density at radius 3 is 2.12 bits per heavy atom. The summed E-state index contributed by atoms with van der Waals surface area (Å²) in [5.41, 5.74) is 2.77. The Labute approximate surface area is 194 Å². The third-order valence-corrected chi connectivity index (χ3v) is 5.28. The van der Waals surface area contributed by atoms with E-state index in [2.05, 4.69) is 15.3 Å². The van der Waals surface area contributed by atoms with Gasteiger partial charge in [0.2, 0.25) is 6.10 Å². The predicted molar refractivity (Wildman–Crippen MR) is 127 cm³/mol. The number of benzene rings is 2. The van der Waals surface area contributed by atoms with Gasteiger partial charge in [-0.1, -0.05) is 12.1 Å². The summed E-state index contributed by atoms with van der Waals surface area (Å²) in [6, 6.07) is 14.5. The molecule has 3 heterocycles. The second kappa shape index (κ2) is 9.58. The number of amides is 1. The van der Waals surface area contributed by atoms with Crippen LogP contribution in [0, 0.1) is 0 Å². The number of hydrogen-bond donors (Lipinski definition) is 1. The molecule has 1 saturated heterocycles. The van der Waals surface area contributed by atoms with E-state index in [-0.39, 0.29) is 11.1 Å². The van der Waals surface area contributed by atoms with Crippen LogP contribution in [0.5, 0.6) is 11.5 Å². The quantitative estimate of drug-likeness (QED) is 0.362. The first-order chi connectivity index (χ1) is 16.1. The Balaban J connectivity index is 0.000000165. The zero-order valence-corrected chi connectivity index (χ0v) is 18.6. The van der Waals surface area contributed by atoms with Crippen LogP contribution in [-0.2, 0) is 9.53 Å². The number of methoxy groups -OCH3 is 2. The normalized spacial score (nSPS) is 14.8. The molecule has 1 aliphatic heterocycles. The monoisotopic (exact) mass is 461 g/mol. The van der Waals surface area contributed by atoms with Crippen molar-refractivity contribution in [1.29, 1.82) is 0 Å². The fraction of sp³-hybridized carbons (Fsp3) is 0.125. The molecule has 1 unspecified atom stereocenters. The van der Waals surface area contributed by atoms with E-state index in [0.717, 1.165) is 28.1 Å². The van der Waals surface area contributed by atoms with Crippen molar-refractivity contribution < 1.29 is 23.8 Å². The molecule has 4 aromatic rings. The maximum atomic E-state index is 11.9. The smallest absolute Gasteiger partial charge is 0.273 e. The molecule has 1 N–H and O–H groups in total. The minimum Gasteiger partial charge on any atom is -0.496 e. The van der Waals surface area contributed by atoms with Crippen molar-refractivity contribution in [2.24, 2.45) is 0 Å². The molecule has 1 fully saturated rings. The number of nitrogens with zero attached hydrogens (tertiary/aromatic N) is 2. The van der Waals surface area contributed by atoms with E-state index < -0.39 is 6.10 Å². The van der Waals surface area contributed by atoms with Gasteiger partial charge in [-0.05, 0) is 48.6 Å². The molecule has 8 nitrogen and oxygen atoms in total. The van der Waals surface area contributed by atoms with E-state index in [0.29, 0.717) is 22.6 Å². The first-order valence-electron chi connectivity index (χ1n) is 9.87. The molecule has 5 rings (SSSR count). The average Bonchev–Trinajstić information content (AvgIpc) is 3.19. The van der Waals surface area contributed by atoms with Crippen molar-refractivity contribution in [3.63, 3.8) is 0 Å². The second-order valence-electron chi connectivity index (χ2n) is 6.90. The van der Waals surface area contributed by atoms with Crippen LogP contribution in [0.1, 0.15) is 22.0 Å². The third kappa shape index (κ3) is 4.31. The number of rotatable bonds is 4. The van der Waals surface area contributed by atoms with E-state index >= 15 is 0 Å². The predicted octanol–water partition coefficient (Wildman–Crippen LogP) is 3.77. The summed E-state index contributed by atoms with van der Waals surface area (Å²) in [6.45, 7) is 0. The van der Waals surface area contributed by atoms with Crippen LogP contribution in [0.15, 0.2) is 60.9 Å². The van der Waals surface area contributed by atoms with E-state index in [1.165, 1.54) is 0 Å². The maximum absolute atomic E-state index is 11.9. The zero-order valence-electron chi connectivity index (χ0n) is 17.8. The lowest BCUT2D eigenvalue weighted by atomic mass is 10.0. The number of aldehydes is 1. The van der Waals surface area contributed by atoms with Crippen LogP contribution in [0.4, 0.5) is 0 Å². The van der Waals surface area contributed by atoms with Gasteiger partial charge in [-0.2, -0.15) is 0 Å². The molecule has 0 bridgehead atoms. The van der Waals surface area contributed by atoms with Gasteiger partial charge in [0.25, 0.3) is 11.1 Å². The lowest BCUT2D eigenvalue weighted by Crippen LogP contribution is -2.20. The average molecular weight is 461 g/mol.